The number of ketones is 1. The van der Waals surface area contributed by atoms with E-state index in [-0.39, 0.29) is 42.9 Å². The number of aliphatic hydroxyl groups excluding tert-OH is 1. The normalized spacial score (nSPS) is 13.6. The van der Waals surface area contributed by atoms with Crippen LogP contribution in [0.1, 0.15) is 65.2 Å². The molecule has 0 fully saturated rings. The minimum Gasteiger partial charge on any atom is -0.118 e. The number of carbonyl (C=O) groups is 1. The molecule has 6 heteroatoms. The molecule has 1 N–H and O–H groups in total. The summed E-state index contributed by atoms with van der Waals surface area (Å²) in [5, 5.41) is 10.7. The molecule has 3 nitrogen and oxygen atoms in total. The molecule has 1 heterocycles. The summed E-state index contributed by atoms with van der Waals surface area (Å²) in [5.74, 6) is 6.95. The van der Waals surface area contributed by atoms with Gasteiger partial charge in [-0.2, -0.15) is 0 Å². The molecule has 48 heavy (non-hydrogen) atoms. The van der Waals surface area contributed by atoms with Crippen molar-refractivity contribution in [1.82, 2.24) is 4.98 Å². The Morgan fingerprint density at radius 1 is 0.896 bits per heavy atom. The first-order valence-corrected chi connectivity index (χ1v) is 23.5. The van der Waals surface area contributed by atoms with Crippen molar-refractivity contribution in [2.24, 2.45) is 0 Å². The Morgan fingerprint density at radius 2 is 1.50 bits per heavy atom. The Balaban J connectivity index is 0.000000589. The van der Waals surface area contributed by atoms with E-state index >= 15 is 4.39 Å². The van der Waals surface area contributed by atoms with Crippen molar-refractivity contribution in [2.45, 2.75) is 76.6 Å². The summed E-state index contributed by atoms with van der Waals surface area (Å²) < 4.78 is 18.0. The van der Waals surface area contributed by atoms with Crippen LogP contribution in [0.15, 0.2) is 90.8 Å². The molecule has 1 aliphatic rings. The van der Waals surface area contributed by atoms with Crippen molar-refractivity contribution >= 4 is 34.2 Å². The molecule has 0 spiro atoms. The van der Waals surface area contributed by atoms with Gasteiger partial charge in [-0.1, -0.05) is 44.4 Å². The van der Waals surface area contributed by atoms with E-state index in [0.717, 1.165) is 44.5 Å². The fourth-order valence-electron chi connectivity index (χ4n) is 6.70. The molecule has 1 aromatic heterocycles. The number of hydrogen-bond acceptors (Lipinski definition) is 3. The molecule has 0 amide bonds. The van der Waals surface area contributed by atoms with E-state index in [4.69, 9.17) is 10.1 Å². The summed E-state index contributed by atoms with van der Waals surface area (Å²) in [6, 6.07) is 29.0. The zero-order chi connectivity index (χ0) is 34.5. The maximum absolute atomic E-state index is 16.6. The van der Waals surface area contributed by atoms with Crippen molar-refractivity contribution in [1.29, 1.82) is 0 Å². The van der Waals surface area contributed by atoms with Crippen molar-refractivity contribution in [2.75, 3.05) is 0 Å². The van der Waals surface area contributed by atoms with E-state index in [0.29, 0.717) is 5.56 Å². The monoisotopic (exact) mass is 881 g/mol. The predicted molar refractivity (Wildman–Crippen MR) is 198 cm³/mol. The molecule has 1 aliphatic carbocycles. The fourth-order valence-corrected chi connectivity index (χ4v) is 9.15. The molecule has 1 radical (unpaired) electrons. The zero-order valence-electron chi connectivity index (χ0n) is 29.6. The first-order valence-electron chi connectivity index (χ1n) is 16.2. The smallest absolute Gasteiger partial charge is 0.118 e. The van der Waals surface area contributed by atoms with Gasteiger partial charge in [-0.3, -0.25) is 4.79 Å². The number of nitrogens with zero attached hydrogens (tertiary/aromatic N) is 1. The summed E-state index contributed by atoms with van der Waals surface area (Å²) in [7, 11) is 0. The van der Waals surface area contributed by atoms with Gasteiger partial charge in [-0.25, -0.2) is 0 Å². The third-order valence-electron chi connectivity index (χ3n) is 8.95. The Morgan fingerprint density at radius 3 is 2.06 bits per heavy atom. The van der Waals surface area contributed by atoms with Gasteiger partial charge in [0.1, 0.15) is 0 Å². The molecular weight excluding hydrogens is 834 g/mol. The van der Waals surface area contributed by atoms with Crippen LogP contribution >= 0.6 is 0 Å². The fraction of sp³-hybridized carbons (Fsp3) is 0.286. The number of rotatable bonds is 4. The molecule has 0 unspecified atom stereocenters. The van der Waals surface area contributed by atoms with Crippen LogP contribution in [0.5, 0.6) is 0 Å². The third kappa shape index (κ3) is 7.29. The molecule has 0 atom stereocenters. The van der Waals surface area contributed by atoms with Crippen molar-refractivity contribution in [3.05, 3.63) is 119 Å². The molecule has 0 aliphatic heterocycles. The van der Waals surface area contributed by atoms with E-state index in [1.54, 1.807) is 0 Å². The van der Waals surface area contributed by atoms with Gasteiger partial charge < -0.3 is 5.11 Å². The number of halogens is 1. The second-order valence-corrected chi connectivity index (χ2v) is 25.8. The number of pyridine rings is 1. The molecule has 4 aromatic carbocycles. The second kappa shape index (κ2) is 13.9. The Hall–Kier alpha value is -3.38. The molecule has 251 valence electrons. The van der Waals surface area contributed by atoms with Crippen molar-refractivity contribution in [3.8, 4) is 33.5 Å². The van der Waals surface area contributed by atoms with E-state index in [1.165, 1.54) is 35.3 Å². The first kappa shape index (κ1) is 37.4. The number of carbonyl (C=O) groups excluding carboxylic acids is 1. The van der Waals surface area contributed by atoms with Crippen LogP contribution in [0.3, 0.4) is 0 Å². The van der Waals surface area contributed by atoms with Crippen LogP contribution in [-0.4, -0.2) is 29.1 Å². The van der Waals surface area contributed by atoms with Gasteiger partial charge in [-0.05, 0) is 19.3 Å². The summed E-state index contributed by atoms with van der Waals surface area (Å²) in [5.41, 5.74) is 7.94. The standard InChI is InChI=1S/C37H37FGeN.C5H8O2.Ir/c1-36(2,3)31-22-25(21-24-11-9-10-12-27(24)31)35-33-30(19-20-40-35)29-18-17-28(34(38)32(29)37(33,4)5)23-13-15-26(16-14-23)39(6,7)8;1-4(6)3-5(2)7;/h9-20,22H,1-8H3;3,6H,1-2H3;/q-1;;/b;4-3-;. The van der Waals surface area contributed by atoms with Gasteiger partial charge in [0, 0.05) is 26.2 Å². The molecule has 5 aromatic rings. The zero-order valence-corrected chi connectivity index (χ0v) is 34.1. The molecule has 0 bridgehead atoms. The molecule has 6 rings (SSSR count). The van der Waals surface area contributed by atoms with Gasteiger partial charge in [0.2, 0.25) is 0 Å². The molecule has 0 saturated heterocycles. The van der Waals surface area contributed by atoms with Crippen LogP contribution in [0.4, 0.5) is 4.39 Å². The van der Waals surface area contributed by atoms with E-state index in [2.05, 4.69) is 119 Å². The summed E-state index contributed by atoms with van der Waals surface area (Å²) >= 11 is -1.95. The van der Waals surface area contributed by atoms with E-state index in [1.807, 2.05) is 18.3 Å². The number of aromatic nitrogens is 1. The van der Waals surface area contributed by atoms with Crippen LogP contribution in [0, 0.1) is 11.9 Å². The second-order valence-electron chi connectivity index (χ2n) is 15.2. The Bertz CT molecular complexity index is 2030. The number of aliphatic hydroxyl groups is 1. The van der Waals surface area contributed by atoms with Gasteiger partial charge in [0.05, 0.1) is 5.76 Å². The summed E-state index contributed by atoms with van der Waals surface area (Å²) in [6.07, 6.45) is 3.03. The average molecular weight is 880 g/mol. The Labute approximate surface area is 301 Å². The van der Waals surface area contributed by atoms with Gasteiger partial charge in [0.25, 0.3) is 0 Å². The maximum atomic E-state index is 16.6. The van der Waals surface area contributed by atoms with E-state index in [9.17, 15) is 4.79 Å². The van der Waals surface area contributed by atoms with Crippen LogP contribution in [0.2, 0.25) is 17.3 Å². The van der Waals surface area contributed by atoms with Gasteiger partial charge in [0.15, 0.2) is 5.78 Å². The number of allylic oxidation sites excluding steroid dienone is 2. The molecule has 0 saturated carbocycles. The number of benzene rings is 4. The van der Waals surface area contributed by atoms with Gasteiger partial charge in [-0.15, -0.1) is 17.0 Å². The van der Waals surface area contributed by atoms with Crippen LogP contribution < -0.4 is 4.40 Å². The van der Waals surface area contributed by atoms with E-state index < -0.39 is 18.7 Å². The van der Waals surface area contributed by atoms with Gasteiger partial charge >= 0.3 is 175 Å². The minimum atomic E-state index is -1.95. The summed E-state index contributed by atoms with van der Waals surface area (Å²) in [4.78, 5) is 14.9. The van der Waals surface area contributed by atoms with Crippen molar-refractivity contribution < 1.29 is 34.4 Å². The Kier molecular flexibility index (Phi) is 10.8. The first-order chi connectivity index (χ1) is 21.9. The number of hydrogen-bond donors (Lipinski definition) is 1. The van der Waals surface area contributed by atoms with Crippen molar-refractivity contribution in [3.63, 3.8) is 0 Å². The average Bonchev–Trinajstić information content (AvgIpc) is 3.22. The van der Waals surface area contributed by atoms with Crippen LogP contribution in [-0.2, 0) is 35.7 Å². The minimum absolute atomic E-state index is 0. The third-order valence-corrected chi connectivity index (χ3v) is 13.3. The summed E-state index contributed by atoms with van der Waals surface area (Å²) in [6.45, 7) is 13.9. The SMILES string of the molecule is CC(=O)/C=C(/C)O.CC(C)(C)c1cc(-c2nccc3c2C(C)(C)c2c-3ccc(-c3cc[c]([Ge]([CH3])([CH3])[CH3])cc3)c2F)[c-]c2ccccc12.[Ir]. The predicted octanol–water partition coefficient (Wildman–Crippen LogP) is 10.7. The quantitative estimate of drug-likeness (QED) is 0.0847. The molecular formula is C42H45FGeIrNO2-. The topological polar surface area (TPSA) is 50.2 Å². The van der Waals surface area contributed by atoms with Crippen LogP contribution in [0.25, 0.3) is 44.3 Å². The number of fused-ring (bicyclic) bond motifs is 4.